The molecule has 0 aliphatic heterocycles. The Balaban J connectivity index is 1.75. The van der Waals surface area contributed by atoms with Gasteiger partial charge in [-0.1, -0.05) is 17.4 Å². The second-order valence-corrected chi connectivity index (χ2v) is 6.15. The number of carbonyl (C=O) groups excluding carboxylic acids is 1. The normalized spacial score (nSPS) is 11.0. The Bertz CT molecular complexity index is 818. The van der Waals surface area contributed by atoms with Crippen LogP contribution in [0.25, 0.3) is 10.2 Å². The number of carbonyl (C=O) groups is 1. The number of aryl methyl sites for hydroxylation is 3. The van der Waals surface area contributed by atoms with Crippen LogP contribution in [0.1, 0.15) is 17.0 Å². The number of hydrogen-bond acceptors (Lipinski definition) is 4. The first kappa shape index (κ1) is 13.8. The maximum atomic E-state index is 12.1. The number of thiazole rings is 1. The number of fused-ring (bicyclic) bond motifs is 1. The number of amides is 1. The molecule has 2 aromatic heterocycles. The van der Waals surface area contributed by atoms with E-state index in [2.05, 4.69) is 21.5 Å². The van der Waals surface area contributed by atoms with Crippen LogP contribution in [0.3, 0.4) is 0 Å². The van der Waals surface area contributed by atoms with Crippen molar-refractivity contribution in [2.75, 3.05) is 5.32 Å². The van der Waals surface area contributed by atoms with Crippen LogP contribution < -0.4 is 5.32 Å². The molecule has 0 atom stereocenters. The molecule has 21 heavy (non-hydrogen) atoms. The highest BCUT2D eigenvalue weighted by Gasteiger charge is 2.10. The van der Waals surface area contributed by atoms with Crippen molar-refractivity contribution in [1.29, 1.82) is 0 Å². The molecular formula is C15H16N4OS. The highest BCUT2D eigenvalue weighted by molar-refractivity contribution is 7.22. The van der Waals surface area contributed by atoms with E-state index in [4.69, 9.17) is 0 Å². The lowest BCUT2D eigenvalue weighted by Crippen LogP contribution is -2.20. The van der Waals surface area contributed by atoms with Gasteiger partial charge in [0.05, 0.1) is 15.9 Å². The summed E-state index contributed by atoms with van der Waals surface area (Å²) in [6, 6.07) is 8.01. The zero-order chi connectivity index (χ0) is 15.0. The lowest BCUT2D eigenvalue weighted by molar-refractivity contribution is -0.116. The quantitative estimate of drug-likeness (QED) is 0.808. The van der Waals surface area contributed by atoms with Crippen molar-refractivity contribution < 1.29 is 4.79 Å². The van der Waals surface area contributed by atoms with Gasteiger partial charge in [-0.25, -0.2) is 4.98 Å². The maximum absolute atomic E-state index is 12.1. The van der Waals surface area contributed by atoms with Crippen LogP contribution in [0.5, 0.6) is 0 Å². The highest BCUT2D eigenvalue weighted by atomic mass is 32.1. The van der Waals surface area contributed by atoms with Gasteiger partial charge in [-0.2, -0.15) is 5.10 Å². The van der Waals surface area contributed by atoms with Crippen molar-refractivity contribution in [1.82, 2.24) is 14.8 Å². The van der Waals surface area contributed by atoms with Crippen molar-refractivity contribution in [2.45, 2.75) is 27.3 Å². The molecule has 0 fully saturated rings. The maximum Gasteiger partial charge on any atom is 0.247 e. The SMILES string of the molecule is Cc1ccc2nc(NC(=O)Cn3nc(C)cc3C)sc2c1. The summed E-state index contributed by atoms with van der Waals surface area (Å²) in [5.74, 6) is -0.114. The van der Waals surface area contributed by atoms with Crippen LogP contribution in [-0.2, 0) is 11.3 Å². The zero-order valence-corrected chi connectivity index (χ0v) is 13.0. The molecule has 108 valence electrons. The minimum atomic E-state index is -0.114. The van der Waals surface area contributed by atoms with Crippen LogP contribution in [0, 0.1) is 20.8 Å². The topological polar surface area (TPSA) is 59.8 Å². The van der Waals surface area contributed by atoms with Crippen molar-refractivity contribution in [3.8, 4) is 0 Å². The molecule has 5 nitrogen and oxygen atoms in total. The van der Waals surface area contributed by atoms with Crippen molar-refractivity contribution in [3.63, 3.8) is 0 Å². The molecule has 1 N–H and O–H groups in total. The van der Waals surface area contributed by atoms with E-state index in [0.29, 0.717) is 5.13 Å². The number of hydrogen-bond donors (Lipinski definition) is 1. The van der Waals surface area contributed by atoms with E-state index < -0.39 is 0 Å². The zero-order valence-electron chi connectivity index (χ0n) is 12.2. The lowest BCUT2D eigenvalue weighted by atomic mass is 10.2. The van der Waals surface area contributed by atoms with Gasteiger partial charge in [-0.15, -0.1) is 0 Å². The van der Waals surface area contributed by atoms with E-state index in [1.54, 1.807) is 4.68 Å². The summed E-state index contributed by atoms with van der Waals surface area (Å²) in [4.78, 5) is 16.5. The van der Waals surface area contributed by atoms with Crippen LogP contribution in [0.4, 0.5) is 5.13 Å². The molecule has 2 heterocycles. The summed E-state index contributed by atoms with van der Waals surface area (Å²) >= 11 is 1.49. The summed E-state index contributed by atoms with van der Waals surface area (Å²) in [5.41, 5.74) is 3.98. The first-order chi connectivity index (χ1) is 10.0. The Labute approximate surface area is 126 Å². The summed E-state index contributed by atoms with van der Waals surface area (Å²) < 4.78 is 2.78. The van der Waals surface area contributed by atoms with E-state index in [1.165, 1.54) is 16.9 Å². The van der Waals surface area contributed by atoms with Gasteiger partial charge in [0.1, 0.15) is 6.54 Å². The minimum Gasteiger partial charge on any atom is -0.300 e. The number of rotatable bonds is 3. The number of nitrogens with zero attached hydrogens (tertiary/aromatic N) is 3. The highest BCUT2D eigenvalue weighted by Crippen LogP contribution is 2.26. The number of aromatic nitrogens is 3. The smallest absolute Gasteiger partial charge is 0.247 e. The first-order valence-corrected chi connectivity index (χ1v) is 7.51. The van der Waals surface area contributed by atoms with E-state index in [0.717, 1.165) is 21.6 Å². The Morgan fingerprint density at radius 1 is 1.29 bits per heavy atom. The predicted octanol–water partition coefficient (Wildman–Crippen LogP) is 3.06. The molecule has 3 aromatic rings. The Kier molecular flexibility index (Phi) is 3.47. The average molecular weight is 300 g/mol. The summed E-state index contributed by atoms with van der Waals surface area (Å²) in [5, 5.41) is 7.76. The molecule has 0 unspecified atom stereocenters. The average Bonchev–Trinajstić information content (AvgIpc) is 2.91. The van der Waals surface area contributed by atoms with E-state index in [9.17, 15) is 4.79 Å². The lowest BCUT2D eigenvalue weighted by Gasteiger charge is -2.03. The monoisotopic (exact) mass is 300 g/mol. The largest absolute Gasteiger partial charge is 0.300 e. The Hall–Kier alpha value is -2.21. The standard InChI is InChI=1S/C15H16N4OS/c1-9-4-5-12-13(6-9)21-15(16-12)17-14(20)8-19-11(3)7-10(2)18-19/h4-7H,8H2,1-3H3,(H,16,17,20). The second-order valence-electron chi connectivity index (χ2n) is 5.12. The fourth-order valence-electron chi connectivity index (χ4n) is 2.22. The van der Waals surface area contributed by atoms with Gasteiger partial charge in [-0.3, -0.25) is 9.48 Å². The summed E-state index contributed by atoms with van der Waals surface area (Å²) in [6.07, 6.45) is 0. The molecule has 3 rings (SSSR count). The molecule has 0 aliphatic rings. The van der Waals surface area contributed by atoms with Crippen LogP contribution >= 0.6 is 11.3 Å². The second kappa shape index (κ2) is 5.29. The third-order valence-electron chi connectivity index (χ3n) is 3.19. The van der Waals surface area contributed by atoms with Crippen LogP contribution in [-0.4, -0.2) is 20.7 Å². The molecule has 0 saturated carbocycles. The molecule has 6 heteroatoms. The van der Waals surface area contributed by atoms with Crippen molar-refractivity contribution in [3.05, 3.63) is 41.2 Å². The molecule has 0 saturated heterocycles. The van der Waals surface area contributed by atoms with E-state index in [-0.39, 0.29) is 12.5 Å². The molecule has 0 aliphatic carbocycles. The predicted molar refractivity (Wildman–Crippen MR) is 84.7 cm³/mol. The molecule has 1 amide bonds. The fraction of sp³-hybridized carbons (Fsp3) is 0.267. The van der Waals surface area contributed by atoms with Gasteiger partial charge in [-0.05, 0) is 44.5 Å². The third-order valence-corrected chi connectivity index (χ3v) is 4.12. The molecule has 0 bridgehead atoms. The Morgan fingerprint density at radius 2 is 2.10 bits per heavy atom. The van der Waals surface area contributed by atoms with Crippen molar-refractivity contribution >= 4 is 32.6 Å². The van der Waals surface area contributed by atoms with Gasteiger partial charge in [0, 0.05) is 5.69 Å². The van der Waals surface area contributed by atoms with Gasteiger partial charge in [0.15, 0.2) is 5.13 Å². The summed E-state index contributed by atoms with van der Waals surface area (Å²) in [6.45, 7) is 6.10. The number of nitrogens with one attached hydrogen (secondary N) is 1. The minimum absolute atomic E-state index is 0.114. The molecule has 1 aromatic carbocycles. The number of anilines is 1. The van der Waals surface area contributed by atoms with Gasteiger partial charge in [0.25, 0.3) is 0 Å². The molecular weight excluding hydrogens is 284 g/mol. The van der Waals surface area contributed by atoms with Gasteiger partial charge in [0.2, 0.25) is 5.91 Å². The van der Waals surface area contributed by atoms with Crippen LogP contribution in [0.15, 0.2) is 24.3 Å². The molecule has 0 spiro atoms. The Morgan fingerprint density at radius 3 is 2.81 bits per heavy atom. The first-order valence-electron chi connectivity index (χ1n) is 6.69. The van der Waals surface area contributed by atoms with E-state index >= 15 is 0 Å². The fourth-order valence-corrected chi connectivity index (χ4v) is 3.20. The van der Waals surface area contributed by atoms with Crippen LogP contribution in [0.2, 0.25) is 0 Å². The third kappa shape index (κ3) is 2.95. The van der Waals surface area contributed by atoms with Gasteiger partial charge >= 0.3 is 0 Å². The van der Waals surface area contributed by atoms with Crippen molar-refractivity contribution in [2.24, 2.45) is 0 Å². The van der Waals surface area contributed by atoms with Gasteiger partial charge < -0.3 is 5.32 Å². The number of benzene rings is 1. The summed E-state index contributed by atoms with van der Waals surface area (Å²) in [7, 11) is 0. The molecule has 0 radical (unpaired) electrons. The van der Waals surface area contributed by atoms with E-state index in [1.807, 2.05) is 39.0 Å².